The standard InChI is InChI=1S/C12H11P.C3H8.2ClH.Ni/c1-3-7-11(8-4-1)13-12-9-5-2-6-10-12;1-3-2;;;/h1-10,13H;3H2,1-2H3;2*1H;/q;;;;+2/p-2. The first-order valence-electron chi connectivity index (χ1n) is 5.97. The molecular weight excluding hydrogens is 341 g/mol. The minimum absolute atomic E-state index is 0.569. The molecule has 19 heavy (non-hydrogen) atoms. The van der Waals surface area contributed by atoms with E-state index >= 15 is 0 Å². The summed E-state index contributed by atoms with van der Waals surface area (Å²) < 4.78 is 0. The molecule has 0 amide bonds. The molecule has 0 fully saturated rings. The maximum atomic E-state index is 4.70. The minimum atomic E-state index is 0.569. The Labute approximate surface area is 133 Å². The van der Waals surface area contributed by atoms with Gasteiger partial charge in [-0.15, -0.1) is 0 Å². The van der Waals surface area contributed by atoms with Gasteiger partial charge >= 0.3 is 33.0 Å². The van der Waals surface area contributed by atoms with Gasteiger partial charge in [-0.2, -0.15) is 0 Å². The quantitative estimate of drug-likeness (QED) is 0.516. The van der Waals surface area contributed by atoms with Crippen molar-refractivity contribution in [3.63, 3.8) is 0 Å². The molecular formula is C15H19Cl2NiP. The van der Waals surface area contributed by atoms with Crippen LogP contribution in [-0.4, -0.2) is 0 Å². The summed E-state index contributed by atoms with van der Waals surface area (Å²) in [5.41, 5.74) is 0. The van der Waals surface area contributed by atoms with Crippen LogP contribution in [0.25, 0.3) is 0 Å². The van der Waals surface area contributed by atoms with Gasteiger partial charge in [0, 0.05) is 0 Å². The third-order valence-electron chi connectivity index (χ3n) is 1.84. The first-order valence-corrected chi connectivity index (χ1v) is 9.69. The predicted octanol–water partition coefficient (Wildman–Crippen LogP) is 5.11. The smallest absolute Gasteiger partial charge is 0.0226 e. The average molecular weight is 360 g/mol. The maximum absolute atomic E-state index is 4.70. The molecule has 0 spiro atoms. The summed E-state index contributed by atoms with van der Waals surface area (Å²) in [6.45, 7) is 4.25. The molecule has 2 aromatic rings. The molecule has 0 unspecified atom stereocenters. The van der Waals surface area contributed by atoms with E-state index in [1.54, 1.807) is 0 Å². The van der Waals surface area contributed by atoms with Crippen LogP contribution < -0.4 is 10.6 Å². The van der Waals surface area contributed by atoms with Gasteiger partial charge in [-0.3, -0.25) is 0 Å². The van der Waals surface area contributed by atoms with E-state index in [2.05, 4.69) is 74.5 Å². The molecule has 0 saturated carbocycles. The molecule has 4 heteroatoms. The Hall–Kier alpha value is -0.0565. The number of hydrogen-bond donors (Lipinski definition) is 0. The van der Waals surface area contributed by atoms with Gasteiger partial charge in [0.15, 0.2) is 0 Å². The molecule has 0 aliphatic heterocycles. The third kappa shape index (κ3) is 11.5. The summed E-state index contributed by atoms with van der Waals surface area (Å²) in [6, 6.07) is 21.2. The third-order valence-corrected chi connectivity index (χ3v) is 3.08. The molecule has 0 saturated heterocycles. The Morgan fingerprint density at radius 3 is 1.32 bits per heavy atom. The van der Waals surface area contributed by atoms with E-state index in [9.17, 15) is 0 Å². The van der Waals surface area contributed by atoms with E-state index < -0.39 is 0 Å². The summed E-state index contributed by atoms with van der Waals surface area (Å²) in [4.78, 5) is 0. The summed E-state index contributed by atoms with van der Waals surface area (Å²) in [6.07, 6.45) is 1.25. The molecule has 0 atom stereocenters. The SMILES string of the molecule is CCC.[Cl][Ni][Cl].c1ccc(Pc2ccccc2)cc1. The molecule has 2 aromatic carbocycles. The fraction of sp³-hybridized carbons (Fsp3) is 0.200. The maximum Gasteiger partial charge on any atom is -0.0226 e. The van der Waals surface area contributed by atoms with Gasteiger partial charge in [0.05, 0.1) is 0 Å². The van der Waals surface area contributed by atoms with Gasteiger partial charge in [-0.05, 0) is 10.6 Å². The molecule has 108 valence electrons. The van der Waals surface area contributed by atoms with E-state index in [0.29, 0.717) is 12.7 Å². The fourth-order valence-electron chi connectivity index (χ4n) is 1.21. The molecule has 0 aliphatic rings. The van der Waals surface area contributed by atoms with Crippen molar-refractivity contribution < 1.29 is 12.7 Å². The molecule has 0 nitrogen and oxygen atoms in total. The molecule has 0 aliphatic carbocycles. The Balaban J connectivity index is 0.000000465. The van der Waals surface area contributed by atoms with Crippen LogP contribution in [0, 0.1) is 0 Å². The van der Waals surface area contributed by atoms with Crippen LogP contribution in [0.5, 0.6) is 0 Å². The van der Waals surface area contributed by atoms with Crippen LogP contribution in [0.3, 0.4) is 0 Å². The average Bonchev–Trinajstić information content (AvgIpc) is 2.43. The first kappa shape index (κ1) is 18.9. The van der Waals surface area contributed by atoms with Crippen LogP contribution in [0.4, 0.5) is 0 Å². The van der Waals surface area contributed by atoms with Crippen LogP contribution >= 0.6 is 29.0 Å². The molecule has 0 bridgehead atoms. The van der Waals surface area contributed by atoms with Crippen molar-refractivity contribution in [3.8, 4) is 0 Å². The van der Waals surface area contributed by atoms with Crippen LogP contribution in [0.2, 0.25) is 0 Å². The molecule has 0 N–H and O–H groups in total. The predicted molar refractivity (Wildman–Crippen MR) is 88.1 cm³/mol. The van der Waals surface area contributed by atoms with E-state index in [4.69, 9.17) is 20.4 Å². The Morgan fingerprint density at radius 2 is 1.05 bits per heavy atom. The van der Waals surface area contributed by atoms with Crippen molar-refractivity contribution in [2.75, 3.05) is 0 Å². The Morgan fingerprint density at radius 1 is 0.789 bits per heavy atom. The van der Waals surface area contributed by atoms with E-state index in [1.165, 1.54) is 17.0 Å². The van der Waals surface area contributed by atoms with E-state index in [1.807, 2.05) is 0 Å². The topological polar surface area (TPSA) is 0 Å². The summed E-state index contributed by atoms with van der Waals surface area (Å²) >= 11 is 0.569. The zero-order valence-corrected chi connectivity index (χ0v) is 14.6. The van der Waals surface area contributed by atoms with Crippen molar-refractivity contribution in [1.82, 2.24) is 0 Å². The van der Waals surface area contributed by atoms with Crippen LogP contribution in [-0.2, 0) is 12.7 Å². The molecule has 0 radical (unpaired) electrons. The monoisotopic (exact) mass is 358 g/mol. The van der Waals surface area contributed by atoms with Gasteiger partial charge in [0.25, 0.3) is 0 Å². The molecule has 0 aromatic heterocycles. The van der Waals surface area contributed by atoms with Gasteiger partial charge < -0.3 is 0 Å². The first-order chi connectivity index (χ1) is 9.28. The Kier molecular flexibility index (Phi) is 14.3. The second kappa shape index (κ2) is 14.4. The molecule has 0 heterocycles. The fourth-order valence-corrected chi connectivity index (χ4v) is 2.26. The zero-order chi connectivity index (χ0) is 14.3. The van der Waals surface area contributed by atoms with E-state index in [-0.39, 0.29) is 0 Å². The summed E-state index contributed by atoms with van der Waals surface area (Å²) in [5, 5.41) is 2.79. The van der Waals surface area contributed by atoms with Gasteiger partial charge in [-0.25, -0.2) is 0 Å². The van der Waals surface area contributed by atoms with E-state index in [0.717, 1.165) is 8.58 Å². The largest absolute Gasteiger partial charge is 0.0622 e. The van der Waals surface area contributed by atoms with Crippen molar-refractivity contribution >= 4 is 39.6 Å². The van der Waals surface area contributed by atoms with Crippen molar-refractivity contribution in [1.29, 1.82) is 0 Å². The van der Waals surface area contributed by atoms with Crippen molar-refractivity contribution in [3.05, 3.63) is 60.7 Å². The second-order valence-electron chi connectivity index (χ2n) is 3.61. The number of halogens is 2. The zero-order valence-electron chi connectivity index (χ0n) is 11.1. The van der Waals surface area contributed by atoms with Gasteiger partial charge in [0.1, 0.15) is 0 Å². The normalized spacial score (nSPS) is 8.84. The number of rotatable bonds is 2. The van der Waals surface area contributed by atoms with Crippen molar-refractivity contribution in [2.24, 2.45) is 0 Å². The summed E-state index contributed by atoms with van der Waals surface area (Å²) in [7, 11) is 10.2. The van der Waals surface area contributed by atoms with Crippen LogP contribution in [0.1, 0.15) is 20.3 Å². The second-order valence-corrected chi connectivity index (χ2v) is 6.65. The number of hydrogen-bond acceptors (Lipinski definition) is 0. The van der Waals surface area contributed by atoms with Gasteiger partial charge in [0.2, 0.25) is 0 Å². The van der Waals surface area contributed by atoms with Gasteiger partial charge in [-0.1, -0.05) is 89.5 Å². The van der Waals surface area contributed by atoms with Crippen molar-refractivity contribution in [2.45, 2.75) is 20.3 Å². The minimum Gasteiger partial charge on any atom is -0.0622 e. The Bertz CT molecular complexity index is 356. The van der Waals surface area contributed by atoms with Crippen LogP contribution in [0.15, 0.2) is 60.7 Å². The molecule has 2 rings (SSSR count). The summed E-state index contributed by atoms with van der Waals surface area (Å²) in [5.74, 6) is 0. The number of benzene rings is 2.